The average molecular weight is 168 g/mol. The van der Waals surface area contributed by atoms with Gasteiger partial charge in [-0.15, -0.1) is 0 Å². The molecule has 56 valence electrons. The second-order valence-corrected chi connectivity index (χ2v) is 2.77. The van der Waals surface area contributed by atoms with Gasteiger partial charge < -0.3 is 0 Å². The number of pyridine rings is 1. The molecule has 0 aromatic carbocycles. The molecule has 3 nitrogen and oxygen atoms in total. The van der Waals surface area contributed by atoms with Gasteiger partial charge in [-0.3, -0.25) is 0 Å². The lowest BCUT2D eigenvalue weighted by Gasteiger charge is -1.96. The number of fused-ring (bicyclic) bond motifs is 1. The number of rotatable bonds is 0. The first-order valence-electron chi connectivity index (χ1n) is 3.23. The molecule has 0 radical (unpaired) electrons. The molecule has 0 spiro atoms. The molecular formula is C7H6ClN3. The molecular weight excluding hydrogens is 162 g/mol. The van der Waals surface area contributed by atoms with Gasteiger partial charge in [0.25, 0.3) is 0 Å². The molecule has 0 aliphatic heterocycles. The Kier molecular flexibility index (Phi) is 1.32. The van der Waals surface area contributed by atoms with Crippen molar-refractivity contribution in [1.29, 1.82) is 0 Å². The summed E-state index contributed by atoms with van der Waals surface area (Å²) in [4.78, 5) is 3.99. The lowest BCUT2D eigenvalue weighted by molar-refractivity contribution is 0.952. The Balaban J connectivity index is 2.86. The fourth-order valence-electron chi connectivity index (χ4n) is 0.934. The van der Waals surface area contributed by atoms with Gasteiger partial charge in [0.05, 0.1) is 0 Å². The third kappa shape index (κ3) is 0.973. The van der Waals surface area contributed by atoms with E-state index in [4.69, 9.17) is 11.6 Å². The second kappa shape index (κ2) is 2.20. The smallest absolute Gasteiger partial charge is 0.156 e. The summed E-state index contributed by atoms with van der Waals surface area (Å²) in [6, 6.07) is 1.80. The number of aryl methyl sites for hydroxylation is 1. The maximum absolute atomic E-state index is 5.86. The second-order valence-electron chi connectivity index (χ2n) is 2.37. The molecule has 2 aromatic heterocycles. The van der Waals surface area contributed by atoms with Crippen LogP contribution in [0.25, 0.3) is 5.65 Å². The van der Waals surface area contributed by atoms with E-state index in [1.807, 2.05) is 13.1 Å². The monoisotopic (exact) mass is 167 g/mol. The summed E-state index contributed by atoms with van der Waals surface area (Å²) in [7, 11) is 0. The molecule has 0 aliphatic carbocycles. The van der Waals surface area contributed by atoms with Crippen LogP contribution in [0.1, 0.15) is 5.56 Å². The average Bonchev–Trinajstić information content (AvgIpc) is 2.36. The maximum atomic E-state index is 5.86. The summed E-state index contributed by atoms with van der Waals surface area (Å²) < 4.78 is 1.70. The first-order valence-corrected chi connectivity index (χ1v) is 3.60. The molecule has 11 heavy (non-hydrogen) atoms. The number of hydrogen-bond acceptors (Lipinski definition) is 2. The molecule has 0 saturated heterocycles. The molecule has 0 saturated carbocycles. The zero-order valence-electron chi connectivity index (χ0n) is 5.95. The number of hydrogen-bond donors (Lipinski definition) is 0. The summed E-state index contributed by atoms with van der Waals surface area (Å²) in [5.74, 6) is 0. The molecule has 0 atom stereocenters. The van der Waals surface area contributed by atoms with Crippen LogP contribution in [0.3, 0.4) is 0 Å². The van der Waals surface area contributed by atoms with Crippen molar-refractivity contribution >= 4 is 17.2 Å². The summed E-state index contributed by atoms with van der Waals surface area (Å²) >= 11 is 5.86. The summed E-state index contributed by atoms with van der Waals surface area (Å²) in [6.07, 6.45) is 3.36. The van der Waals surface area contributed by atoms with Gasteiger partial charge in [0.1, 0.15) is 6.33 Å². The van der Waals surface area contributed by atoms with Gasteiger partial charge in [-0.25, -0.2) is 9.50 Å². The van der Waals surface area contributed by atoms with Crippen LogP contribution in [0.15, 0.2) is 18.6 Å². The Morgan fingerprint density at radius 2 is 2.36 bits per heavy atom. The van der Waals surface area contributed by atoms with Crippen LogP contribution in [0.2, 0.25) is 5.02 Å². The first kappa shape index (κ1) is 6.61. The van der Waals surface area contributed by atoms with Crippen molar-refractivity contribution in [3.05, 3.63) is 29.2 Å². The van der Waals surface area contributed by atoms with Gasteiger partial charge in [-0.1, -0.05) is 11.6 Å². The summed E-state index contributed by atoms with van der Waals surface area (Å²) in [6.45, 7) is 1.93. The van der Waals surface area contributed by atoms with E-state index in [-0.39, 0.29) is 0 Å². The van der Waals surface area contributed by atoms with Crippen molar-refractivity contribution in [2.24, 2.45) is 0 Å². The first-order chi connectivity index (χ1) is 5.27. The van der Waals surface area contributed by atoms with E-state index in [1.54, 1.807) is 10.6 Å². The maximum Gasteiger partial charge on any atom is 0.156 e. The molecule has 2 heterocycles. The van der Waals surface area contributed by atoms with E-state index in [2.05, 4.69) is 10.1 Å². The molecule has 2 rings (SSSR count). The van der Waals surface area contributed by atoms with Crippen molar-refractivity contribution in [2.45, 2.75) is 6.92 Å². The summed E-state index contributed by atoms with van der Waals surface area (Å²) in [5, 5.41) is 4.69. The third-order valence-corrected chi connectivity index (χ3v) is 1.96. The Morgan fingerprint density at radius 3 is 3.18 bits per heavy atom. The fourth-order valence-corrected chi connectivity index (χ4v) is 1.08. The minimum atomic E-state index is 0.727. The molecule has 0 bridgehead atoms. The van der Waals surface area contributed by atoms with E-state index < -0.39 is 0 Å². The van der Waals surface area contributed by atoms with E-state index in [0.29, 0.717) is 0 Å². The molecule has 4 heteroatoms. The van der Waals surface area contributed by atoms with E-state index in [9.17, 15) is 0 Å². The van der Waals surface area contributed by atoms with Gasteiger partial charge in [0.2, 0.25) is 0 Å². The zero-order chi connectivity index (χ0) is 7.84. The topological polar surface area (TPSA) is 30.2 Å². The van der Waals surface area contributed by atoms with Gasteiger partial charge in [0.15, 0.2) is 5.65 Å². The van der Waals surface area contributed by atoms with Gasteiger partial charge in [-0.05, 0) is 12.5 Å². The normalized spacial score (nSPS) is 10.7. The third-order valence-electron chi connectivity index (χ3n) is 1.55. The van der Waals surface area contributed by atoms with Crippen LogP contribution >= 0.6 is 11.6 Å². The quantitative estimate of drug-likeness (QED) is 0.598. The van der Waals surface area contributed by atoms with Crippen LogP contribution in [0, 0.1) is 6.92 Å². The predicted octanol–water partition coefficient (Wildman–Crippen LogP) is 1.69. The standard InChI is InChI=1S/C7H6ClN3/c1-5-3-11-7(2-6(5)8)9-4-10-11/h2-4H,1H3. The highest BCUT2D eigenvalue weighted by atomic mass is 35.5. The Morgan fingerprint density at radius 1 is 1.55 bits per heavy atom. The van der Waals surface area contributed by atoms with Crippen molar-refractivity contribution < 1.29 is 0 Å². The number of halogens is 1. The largest absolute Gasteiger partial charge is 0.221 e. The highest BCUT2D eigenvalue weighted by molar-refractivity contribution is 6.31. The van der Waals surface area contributed by atoms with Gasteiger partial charge in [0, 0.05) is 17.3 Å². The minimum absolute atomic E-state index is 0.727. The number of aromatic nitrogens is 3. The van der Waals surface area contributed by atoms with E-state index >= 15 is 0 Å². The predicted molar refractivity (Wildman–Crippen MR) is 42.7 cm³/mol. The van der Waals surface area contributed by atoms with Gasteiger partial charge in [-0.2, -0.15) is 5.10 Å². The fraction of sp³-hybridized carbons (Fsp3) is 0.143. The highest BCUT2D eigenvalue weighted by Crippen LogP contribution is 2.15. The Bertz CT molecular complexity index is 357. The molecule has 0 unspecified atom stereocenters. The Labute approximate surface area is 68.6 Å². The van der Waals surface area contributed by atoms with E-state index in [1.165, 1.54) is 6.33 Å². The molecule has 2 aromatic rings. The van der Waals surface area contributed by atoms with Crippen LogP contribution in [-0.4, -0.2) is 14.6 Å². The lowest BCUT2D eigenvalue weighted by Crippen LogP contribution is -1.88. The molecule has 0 amide bonds. The number of nitrogens with zero attached hydrogens (tertiary/aromatic N) is 3. The summed E-state index contributed by atoms with van der Waals surface area (Å²) in [5.41, 5.74) is 1.78. The Hall–Kier alpha value is -1.09. The van der Waals surface area contributed by atoms with Crippen LogP contribution < -0.4 is 0 Å². The van der Waals surface area contributed by atoms with Crippen LogP contribution in [0.4, 0.5) is 0 Å². The SMILES string of the molecule is Cc1cn2ncnc2cc1Cl. The van der Waals surface area contributed by atoms with Crippen molar-refractivity contribution in [1.82, 2.24) is 14.6 Å². The van der Waals surface area contributed by atoms with Crippen LogP contribution in [0.5, 0.6) is 0 Å². The van der Waals surface area contributed by atoms with Crippen molar-refractivity contribution in [3.8, 4) is 0 Å². The molecule has 0 aliphatic rings. The highest BCUT2D eigenvalue weighted by Gasteiger charge is 1.98. The lowest BCUT2D eigenvalue weighted by atomic mass is 10.3. The van der Waals surface area contributed by atoms with Gasteiger partial charge >= 0.3 is 0 Å². The van der Waals surface area contributed by atoms with Crippen molar-refractivity contribution in [3.63, 3.8) is 0 Å². The zero-order valence-corrected chi connectivity index (χ0v) is 6.71. The minimum Gasteiger partial charge on any atom is -0.221 e. The van der Waals surface area contributed by atoms with E-state index in [0.717, 1.165) is 16.2 Å². The molecule has 0 N–H and O–H groups in total. The molecule has 0 fully saturated rings. The van der Waals surface area contributed by atoms with Crippen molar-refractivity contribution in [2.75, 3.05) is 0 Å². The van der Waals surface area contributed by atoms with Crippen LogP contribution in [-0.2, 0) is 0 Å².